The van der Waals surface area contributed by atoms with Crippen LogP contribution < -0.4 is 5.56 Å². The standard InChI is InChI=1S/C17H19N5O5/c1-12-19-16(27-20-12)14-9-18-11-22(17(14)25)5-4-15(24)21(6-7-23)10-13-3-2-8-26-13/h2-3,8-9,11,23H,4-7,10H2,1H3. The van der Waals surface area contributed by atoms with Crippen molar-refractivity contribution in [3.63, 3.8) is 0 Å². The molecule has 3 rings (SSSR count). The van der Waals surface area contributed by atoms with Gasteiger partial charge in [0.2, 0.25) is 5.91 Å². The van der Waals surface area contributed by atoms with Crippen molar-refractivity contribution in [2.45, 2.75) is 26.4 Å². The molecular formula is C17H19N5O5. The Labute approximate surface area is 154 Å². The highest BCUT2D eigenvalue weighted by Gasteiger charge is 2.17. The maximum atomic E-state index is 12.6. The molecule has 0 saturated heterocycles. The SMILES string of the molecule is Cc1noc(-c2cncn(CCC(=O)N(CCO)Cc3ccco3)c2=O)n1. The lowest BCUT2D eigenvalue weighted by molar-refractivity contribution is -0.132. The van der Waals surface area contributed by atoms with Crippen molar-refractivity contribution < 1.29 is 18.8 Å². The molecule has 10 nitrogen and oxygen atoms in total. The quantitative estimate of drug-likeness (QED) is 0.608. The highest BCUT2D eigenvalue weighted by atomic mass is 16.5. The van der Waals surface area contributed by atoms with E-state index in [1.807, 2.05) is 0 Å². The van der Waals surface area contributed by atoms with E-state index < -0.39 is 0 Å². The minimum absolute atomic E-state index is 0.0641. The fraction of sp³-hybridized carbons (Fsp3) is 0.353. The zero-order chi connectivity index (χ0) is 19.2. The summed E-state index contributed by atoms with van der Waals surface area (Å²) in [6, 6.07) is 3.48. The van der Waals surface area contributed by atoms with Crippen LogP contribution in [0.5, 0.6) is 0 Å². The van der Waals surface area contributed by atoms with E-state index in [-0.39, 0.29) is 55.6 Å². The lowest BCUT2D eigenvalue weighted by Crippen LogP contribution is -2.34. The van der Waals surface area contributed by atoms with Crippen LogP contribution in [0.1, 0.15) is 18.0 Å². The minimum Gasteiger partial charge on any atom is -0.467 e. The third-order valence-corrected chi connectivity index (χ3v) is 3.87. The van der Waals surface area contributed by atoms with Gasteiger partial charge in [-0.25, -0.2) is 4.98 Å². The van der Waals surface area contributed by atoms with Crippen molar-refractivity contribution >= 4 is 5.91 Å². The average Bonchev–Trinajstić information content (AvgIpc) is 3.32. The van der Waals surface area contributed by atoms with Gasteiger partial charge in [-0.2, -0.15) is 4.98 Å². The summed E-state index contributed by atoms with van der Waals surface area (Å²) in [5.74, 6) is 0.897. The maximum absolute atomic E-state index is 12.6. The van der Waals surface area contributed by atoms with E-state index in [0.717, 1.165) is 0 Å². The molecule has 0 radical (unpaired) electrons. The first-order chi connectivity index (χ1) is 13.1. The fourth-order valence-corrected chi connectivity index (χ4v) is 2.54. The number of amides is 1. The molecular weight excluding hydrogens is 354 g/mol. The van der Waals surface area contributed by atoms with Gasteiger partial charge in [0, 0.05) is 25.7 Å². The van der Waals surface area contributed by atoms with Crippen molar-refractivity contribution in [1.82, 2.24) is 24.6 Å². The third-order valence-electron chi connectivity index (χ3n) is 3.87. The average molecular weight is 373 g/mol. The first-order valence-electron chi connectivity index (χ1n) is 8.34. The Kier molecular flexibility index (Phi) is 5.77. The van der Waals surface area contributed by atoms with Crippen molar-refractivity contribution in [1.29, 1.82) is 0 Å². The first-order valence-corrected chi connectivity index (χ1v) is 8.34. The van der Waals surface area contributed by atoms with Gasteiger partial charge in [-0.1, -0.05) is 5.16 Å². The van der Waals surface area contributed by atoms with Crippen LogP contribution in [0.25, 0.3) is 11.5 Å². The summed E-state index contributed by atoms with van der Waals surface area (Å²) in [5.41, 5.74) is -0.199. The lowest BCUT2D eigenvalue weighted by Gasteiger charge is -2.20. The van der Waals surface area contributed by atoms with Gasteiger partial charge in [-0.15, -0.1) is 0 Å². The molecule has 3 aromatic rings. The monoisotopic (exact) mass is 373 g/mol. The molecule has 142 valence electrons. The number of rotatable bonds is 8. The number of nitrogens with zero attached hydrogens (tertiary/aromatic N) is 5. The van der Waals surface area contributed by atoms with Crippen molar-refractivity contribution in [2.75, 3.05) is 13.2 Å². The van der Waals surface area contributed by atoms with Gasteiger partial charge in [0.05, 0.1) is 25.7 Å². The van der Waals surface area contributed by atoms with Gasteiger partial charge in [-0.05, 0) is 19.1 Å². The Morgan fingerprint density at radius 3 is 2.93 bits per heavy atom. The highest BCUT2D eigenvalue weighted by Crippen LogP contribution is 2.11. The largest absolute Gasteiger partial charge is 0.467 e. The van der Waals surface area contributed by atoms with Crippen molar-refractivity contribution in [3.05, 3.63) is 52.9 Å². The highest BCUT2D eigenvalue weighted by molar-refractivity contribution is 5.76. The predicted molar refractivity (Wildman–Crippen MR) is 92.4 cm³/mol. The molecule has 1 N–H and O–H groups in total. The molecule has 0 fully saturated rings. The summed E-state index contributed by atoms with van der Waals surface area (Å²) in [6.45, 7) is 2.04. The van der Waals surface area contributed by atoms with E-state index in [1.165, 1.54) is 28.3 Å². The van der Waals surface area contributed by atoms with Crippen LogP contribution in [0, 0.1) is 6.92 Å². The first kappa shape index (κ1) is 18.5. The number of aryl methyl sites for hydroxylation is 2. The molecule has 0 saturated carbocycles. The molecule has 3 aromatic heterocycles. The van der Waals surface area contributed by atoms with Crippen molar-refractivity contribution in [2.24, 2.45) is 0 Å². The normalized spacial score (nSPS) is 10.9. The summed E-state index contributed by atoms with van der Waals surface area (Å²) < 4.78 is 11.6. The van der Waals surface area contributed by atoms with Gasteiger partial charge >= 0.3 is 0 Å². The number of aliphatic hydroxyl groups excluding tert-OH is 1. The number of carbonyl (C=O) groups is 1. The summed E-state index contributed by atoms with van der Waals surface area (Å²) in [6.07, 6.45) is 4.29. The topological polar surface area (TPSA) is 127 Å². The Bertz CT molecular complexity index is 947. The lowest BCUT2D eigenvalue weighted by atomic mass is 10.3. The van der Waals surface area contributed by atoms with E-state index in [1.54, 1.807) is 19.1 Å². The Morgan fingerprint density at radius 2 is 2.26 bits per heavy atom. The summed E-state index contributed by atoms with van der Waals surface area (Å²) >= 11 is 0. The molecule has 1 amide bonds. The Morgan fingerprint density at radius 1 is 1.41 bits per heavy atom. The number of aromatic nitrogens is 4. The van der Waals surface area contributed by atoms with E-state index >= 15 is 0 Å². The number of hydrogen-bond acceptors (Lipinski definition) is 8. The zero-order valence-electron chi connectivity index (χ0n) is 14.7. The van der Waals surface area contributed by atoms with E-state index in [0.29, 0.717) is 11.6 Å². The molecule has 0 aromatic carbocycles. The molecule has 0 spiro atoms. The fourth-order valence-electron chi connectivity index (χ4n) is 2.54. The third kappa shape index (κ3) is 4.47. The summed E-state index contributed by atoms with van der Waals surface area (Å²) in [5, 5.41) is 12.9. The number of furan rings is 1. The van der Waals surface area contributed by atoms with Crippen LogP contribution in [0.15, 0.2) is 44.7 Å². The molecule has 0 unspecified atom stereocenters. The zero-order valence-corrected chi connectivity index (χ0v) is 14.7. The molecule has 0 aliphatic rings. The Hall–Kier alpha value is -3.27. The van der Waals surface area contributed by atoms with Crippen LogP contribution in [-0.4, -0.2) is 48.8 Å². The maximum Gasteiger partial charge on any atom is 0.266 e. The van der Waals surface area contributed by atoms with Gasteiger partial charge in [0.15, 0.2) is 5.82 Å². The molecule has 27 heavy (non-hydrogen) atoms. The summed E-state index contributed by atoms with van der Waals surface area (Å²) in [7, 11) is 0. The molecule has 0 atom stereocenters. The predicted octanol–water partition coefficient (Wildman–Crippen LogP) is 0.606. The molecule has 0 bridgehead atoms. The second-order valence-electron chi connectivity index (χ2n) is 5.82. The second-order valence-corrected chi connectivity index (χ2v) is 5.82. The molecule has 0 aliphatic heterocycles. The molecule has 0 aliphatic carbocycles. The van der Waals surface area contributed by atoms with Gasteiger partial charge < -0.3 is 18.9 Å². The molecule has 3 heterocycles. The van der Waals surface area contributed by atoms with Crippen LogP contribution >= 0.6 is 0 Å². The smallest absolute Gasteiger partial charge is 0.266 e. The van der Waals surface area contributed by atoms with E-state index in [2.05, 4.69) is 15.1 Å². The van der Waals surface area contributed by atoms with Crippen molar-refractivity contribution in [3.8, 4) is 11.5 Å². The van der Waals surface area contributed by atoms with Crippen LogP contribution in [0.3, 0.4) is 0 Å². The van der Waals surface area contributed by atoms with Crippen LogP contribution in [0.2, 0.25) is 0 Å². The second kappa shape index (κ2) is 8.41. The van der Waals surface area contributed by atoms with Gasteiger partial charge in [0.1, 0.15) is 11.3 Å². The van der Waals surface area contributed by atoms with E-state index in [9.17, 15) is 14.7 Å². The number of hydrogen-bond donors (Lipinski definition) is 1. The van der Waals surface area contributed by atoms with Crippen LogP contribution in [0.4, 0.5) is 0 Å². The van der Waals surface area contributed by atoms with Gasteiger partial charge in [0.25, 0.3) is 11.4 Å². The summed E-state index contributed by atoms with van der Waals surface area (Å²) in [4.78, 5) is 34.6. The van der Waals surface area contributed by atoms with Crippen LogP contribution in [-0.2, 0) is 17.9 Å². The van der Waals surface area contributed by atoms with E-state index in [4.69, 9.17) is 8.94 Å². The number of carbonyl (C=O) groups excluding carboxylic acids is 1. The van der Waals surface area contributed by atoms with Gasteiger partial charge in [-0.3, -0.25) is 14.2 Å². The number of aliphatic hydroxyl groups is 1. The Balaban J connectivity index is 1.70. The minimum atomic E-state index is -0.374. The molecule has 10 heteroatoms.